The number of imidazole rings is 1. The van der Waals surface area contributed by atoms with Crippen LogP contribution in [0.4, 0.5) is 0 Å². The quantitative estimate of drug-likeness (QED) is 0.782. The second-order valence-corrected chi connectivity index (χ2v) is 7.58. The Morgan fingerprint density at radius 3 is 2.80 bits per heavy atom. The highest BCUT2D eigenvalue weighted by molar-refractivity contribution is 9.10. The molecule has 0 unspecified atom stereocenters. The fourth-order valence-corrected chi connectivity index (χ4v) is 3.99. The number of ether oxygens (including phenoxy) is 1. The smallest absolute Gasteiger partial charge is 0.334 e. The topological polar surface area (TPSA) is 52.3 Å². The number of halogens is 1. The summed E-state index contributed by atoms with van der Waals surface area (Å²) in [5, 5.41) is 0. The highest BCUT2D eigenvalue weighted by atomic mass is 79.9. The molecule has 3 heterocycles. The third-order valence-corrected chi connectivity index (χ3v) is 5.47. The van der Waals surface area contributed by atoms with Crippen molar-refractivity contribution in [3.8, 4) is 0 Å². The van der Waals surface area contributed by atoms with Crippen LogP contribution in [-0.4, -0.2) is 51.9 Å². The van der Waals surface area contributed by atoms with E-state index in [0.29, 0.717) is 6.54 Å². The lowest BCUT2D eigenvalue weighted by molar-refractivity contribution is 0.0364. The number of fused-ring (bicyclic) bond motifs is 1. The fraction of sp³-hybridized carbons (Fsp3) is 0.556. The van der Waals surface area contributed by atoms with E-state index in [1.807, 2.05) is 15.2 Å². The van der Waals surface area contributed by atoms with Crippen molar-refractivity contribution in [2.75, 3.05) is 32.8 Å². The van der Waals surface area contributed by atoms with Crippen molar-refractivity contribution in [2.24, 2.45) is 0 Å². The number of aromatic nitrogens is 3. The van der Waals surface area contributed by atoms with Gasteiger partial charge in [-0.1, -0.05) is 6.08 Å². The highest BCUT2D eigenvalue weighted by Crippen LogP contribution is 2.25. The Morgan fingerprint density at radius 2 is 2.04 bits per heavy atom. The summed E-state index contributed by atoms with van der Waals surface area (Å²) in [6.07, 6.45) is 8.29. The zero-order valence-electron chi connectivity index (χ0n) is 14.3. The summed E-state index contributed by atoms with van der Waals surface area (Å²) in [5.74, 6) is 0. The van der Waals surface area contributed by atoms with Gasteiger partial charge >= 0.3 is 5.69 Å². The summed E-state index contributed by atoms with van der Waals surface area (Å²) >= 11 is 3.50. The molecule has 25 heavy (non-hydrogen) atoms. The molecule has 1 aliphatic heterocycles. The Hall–Kier alpha value is -1.44. The van der Waals surface area contributed by atoms with Crippen molar-refractivity contribution in [3.05, 3.63) is 33.3 Å². The van der Waals surface area contributed by atoms with E-state index in [1.165, 1.54) is 6.42 Å². The molecule has 1 aliphatic carbocycles. The molecular weight excluding hydrogens is 384 g/mol. The van der Waals surface area contributed by atoms with Gasteiger partial charge in [-0.15, -0.1) is 0 Å². The molecule has 0 radical (unpaired) electrons. The molecule has 6 nitrogen and oxygen atoms in total. The Labute approximate surface area is 155 Å². The second kappa shape index (κ2) is 7.43. The van der Waals surface area contributed by atoms with Gasteiger partial charge in [0.15, 0.2) is 5.65 Å². The van der Waals surface area contributed by atoms with Gasteiger partial charge in [-0.05, 0) is 47.7 Å². The number of hydrogen-bond acceptors (Lipinski definition) is 4. The van der Waals surface area contributed by atoms with E-state index >= 15 is 0 Å². The summed E-state index contributed by atoms with van der Waals surface area (Å²) in [4.78, 5) is 20.1. The van der Waals surface area contributed by atoms with Crippen LogP contribution < -0.4 is 5.69 Å². The number of hydrogen-bond donors (Lipinski definition) is 0. The van der Waals surface area contributed by atoms with Crippen LogP contribution in [0.1, 0.15) is 25.7 Å². The Morgan fingerprint density at radius 1 is 1.20 bits per heavy atom. The average molecular weight is 407 g/mol. The minimum absolute atomic E-state index is 0.0296. The first-order chi connectivity index (χ1) is 12.2. The van der Waals surface area contributed by atoms with Gasteiger partial charge in [-0.25, -0.2) is 14.3 Å². The summed E-state index contributed by atoms with van der Waals surface area (Å²) in [7, 11) is 0. The monoisotopic (exact) mass is 406 g/mol. The molecule has 4 rings (SSSR count). The zero-order valence-corrected chi connectivity index (χ0v) is 15.9. The van der Waals surface area contributed by atoms with Crippen LogP contribution >= 0.6 is 15.9 Å². The minimum Gasteiger partial charge on any atom is -0.379 e. The van der Waals surface area contributed by atoms with E-state index in [2.05, 4.69) is 31.9 Å². The Kier molecular flexibility index (Phi) is 5.05. The van der Waals surface area contributed by atoms with Gasteiger partial charge in [0.25, 0.3) is 0 Å². The predicted molar refractivity (Wildman–Crippen MR) is 102 cm³/mol. The van der Waals surface area contributed by atoms with E-state index in [-0.39, 0.29) is 5.69 Å². The first kappa shape index (κ1) is 17.0. The molecule has 1 fully saturated rings. The van der Waals surface area contributed by atoms with Crippen molar-refractivity contribution >= 4 is 32.8 Å². The van der Waals surface area contributed by atoms with Gasteiger partial charge in [-0.3, -0.25) is 9.47 Å². The number of rotatable bonds is 4. The molecule has 0 amide bonds. The molecule has 0 aromatic carbocycles. The minimum atomic E-state index is 0.0296. The van der Waals surface area contributed by atoms with Crippen LogP contribution in [0.2, 0.25) is 0 Å². The normalized spacial score (nSPS) is 19.3. The Bertz CT molecular complexity index is 849. The van der Waals surface area contributed by atoms with Crippen molar-refractivity contribution in [3.63, 3.8) is 0 Å². The number of nitrogens with zero attached hydrogens (tertiary/aromatic N) is 4. The summed E-state index contributed by atoms with van der Waals surface area (Å²) < 4.78 is 10.00. The standard InChI is InChI=1S/C18H23BrN4O2/c19-14-12-16-17(20-13-14)23(15-4-2-1-3-5-15)18(24)22(16)7-6-21-8-10-25-11-9-21/h4,12-13H,1-3,5-11H2. The first-order valence-corrected chi connectivity index (χ1v) is 9.79. The SMILES string of the molecule is O=c1n(CCN2CCOCC2)c2cc(Br)cnc2n1C1=CCCCC1. The van der Waals surface area contributed by atoms with Gasteiger partial charge in [0.05, 0.1) is 18.7 Å². The highest BCUT2D eigenvalue weighted by Gasteiger charge is 2.19. The third-order valence-electron chi connectivity index (χ3n) is 5.04. The van der Waals surface area contributed by atoms with Crippen molar-refractivity contribution in [1.29, 1.82) is 0 Å². The van der Waals surface area contributed by atoms with E-state index in [4.69, 9.17) is 4.74 Å². The zero-order chi connectivity index (χ0) is 17.2. The molecule has 2 aromatic rings. The van der Waals surface area contributed by atoms with Crippen molar-refractivity contribution in [1.82, 2.24) is 19.0 Å². The van der Waals surface area contributed by atoms with E-state index < -0.39 is 0 Å². The van der Waals surface area contributed by atoms with Gasteiger partial charge in [0.2, 0.25) is 0 Å². The van der Waals surface area contributed by atoms with Gasteiger partial charge in [0.1, 0.15) is 0 Å². The summed E-state index contributed by atoms with van der Waals surface area (Å²) in [6.45, 7) is 4.94. The molecule has 0 atom stereocenters. The van der Waals surface area contributed by atoms with Crippen LogP contribution in [0.5, 0.6) is 0 Å². The molecule has 0 saturated carbocycles. The molecule has 2 aliphatic rings. The maximum Gasteiger partial charge on any atom is 0.334 e. The van der Waals surface area contributed by atoms with E-state index in [9.17, 15) is 4.79 Å². The largest absolute Gasteiger partial charge is 0.379 e. The van der Waals surface area contributed by atoms with Crippen molar-refractivity contribution < 1.29 is 4.74 Å². The number of pyridine rings is 1. The fourth-order valence-electron chi connectivity index (χ4n) is 3.67. The van der Waals surface area contributed by atoms with Gasteiger partial charge in [0, 0.05) is 42.5 Å². The molecule has 0 bridgehead atoms. The van der Waals surface area contributed by atoms with Crippen LogP contribution in [-0.2, 0) is 11.3 Å². The first-order valence-electron chi connectivity index (χ1n) is 9.00. The molecule has 1 saturated heterocycles. The molecule has 2 aromatic heterocycles. The average Bonchev–Trinajstić information content (AvgIpc) is 2.92. The van der Waals surface area contributed by atoms with Crippen LogP contribution in [0.15, 0.2) is 27.6 Å². The van der Waals surface area contributed by atoms with Gasteiger partial charge in [-0.2, -0.15) is 0 Å². The molecule has 134 valence electrons. The Balaban J connectivity index is 1.72. The summed E-state index contributed by atoms with van der Waals surface area (Å²) in [5.41, 5.74) is 2.80. The molecule has 0 spiro atoms. The second-order valence-electron chi connectivity index (χ2n) is 6.66. The van der Waals surface area contributed by atoms with Crippen LogP contribution in [0.25, 0.3) is 16.9 Å². The lowest BCUT2D eigenvalue weighted by Gasteiger charge is -2.26. The lowest BCUT2D eigenvalue weighted by atomic mass is 10.0. The molecular formula is C18H23BrN4O2. The number of morpholine rings is 1. The molecule has 7 heteroatoms. The third kappa shape index (κ3) is 3.45. The van der Waals surface area contributed by atoms with E-state index in [0.717, 1.165) is 73.4 Å². The lowest BCUT2D eigenvalue weighted by Crippen LogP contribution is -2.39. The molecule has 0 N–H and O–H groups in total. The van der Waals surface area contributed by atoms with E-state index in [1.54, 1.807) is 6.20 Å². The van der Waals surface area contributed by atoms with Gasteiger partial charge < -0.3 is 4.74 Å². The number of allylic oxidation sites excluding steroid dienone is 2. The summed E-state index contributed by atoms with van der Waals surface area (Å²) in [6, 6.07) is 2.00. The van der Waals surface area contributed by atoms with Crippen LogP contribution in [0.3, 0.4) is 0 Å². The van der Waals surface area contributed by atoms with Crippen LogP contribution in [0, 0.1) is 0 Å². The predicted octanol–water partition coefficient (Wildman–Crippen LogP) is 2.71. The van der Waals surface area contributed by atoms with Crippen molar-refractivity contribution in [2.45, 2.75) is 32.2 Å². The maximum absolute atomic E-state index is 13.2. The maximum atomic E-state index is 13.2.